The van der Waals surface area contributed by atoms with E-state index in [0.717, 1.165) is 19.4 Å². The molecule has 0 radical (unpaired) electrons. The first-order chi connectivity index (χ1) is 11.6. The van der Waals surface area contributed by atoms with E-state index in [9.17, 15) is 9.59 Å². The minimum Gasteiger partial charge on any atom is -0.376 e. The molecule has 1 fully saturated rings. The summed E-state index contributed by atoms with van der Waals surface area (Å²) in [5, 5.41) is 2.82. The number of aromatic amines is 1. The molecule has 2 aromatic heterocycles. The van der Waals surface area contributed by atoms with Gasteiger partial charge in [-0.15, -0.1) is 0 Å². The molecular weight excluding hydrogens is 308 g/mol. The van der Waals surface area contributed by atoms with Crippen LogP contribution in [0.2, 0.25) is 0 Å². The summed E-state index contributed by atoms with van der Waals surface area (Å²) in [5.41, 5.74) is 1.19. The van der Waals surface area contributed by atoms with E-state index < -0.39 is 0 Å². The van der Waals surface area contributed by atoms with Crippen LogP contribution in [0.3, 0.4) is 0 Å². The van der Waals surface area contributed by atoms with Gasteiger partial charge in [0.25, 0.3) is 5.56 Å². The smallest absolute Gasteiger partial charge is 0.255 e. The fourth-order valence-corrected chi connectivity index (χ4v) is 2.70. The van der Waals surface area contributed by atoms with Crippen LogP contribution in [0.4, 0.5) is 0 Å². The molecule has 24 heavy (non-hydrogen) atoms. The molecule has 1 amide bonds. The third-order valence-electron chi connectivity index (χ3n) is 4.02. The fourth-order valence-electron chi connectivity index (χ4n) is 2.70. The van der Waals surface area contributed by atoms with E-state index in [4.69, 9.17) is 4.74 Å². The number of nitrogens with one attached hydrogen (secondary N) is 2. The second-order valence-electron chi connectivity index (χ2n) is 5.81. The summed E-state index contributed by atoms with van der Waals surface area (Å²) >= 11 is 0. The molecule has 1 atom stereocenters. The van der Waals surface area contributed by atoms with Crippen molar-refractivity contribution in [1.82, 2.24) is 20.3 Å². The summed E-state index contributed by atoms with van der Waals surface area (Å²) in [6, 6.07) is 5.39. The molecule has 0 aromatic carbocycles. The van der Waals surface area contributed by atoms with E-state index in [1.807, 2.05) is 6.07 Å². The Hall–Kier alpha value is -2.54. The van der Waals surface area contributed by atoms with Gasteiger partial charge in [0.05, 0.1) is 12.5 Å². The van der Waals surface area contributed by atoms with Gasteiger partial charge in [0.2, 0.25) is 5.91 Å². The summed E-state index contributed by atoms with van der Waals surface area (Å²) < 4.78 is 5.46. The molecule has 1 aliphatic heterocycles. The highest BCUT2D eigenvalue weighted by atomic mass is 16.5. The van der Waals surface area contributed by atoms with Crippen LogP contribution >= 0.6 is 0 Å². The van der Waals surface area contributed by atoms with E-state index in [2.05, 4.69) is 20.3 Å². The maximum Gasteiger partial charge on any atom is 0.255 e. The average molecular weight is 328 g/mol. The van der Waals surface area contributed by atoms with Crippen molar-refractivity contribution in [3.05, 3.63) is 46.0 Å². The number of rotatable bonds is 5. The van der Waals surface area contributed by atoms with Crippen molar-refractivity contribution in [3.8, 4) is 11.5 Å². The number of carbonyl (C=O) groups excluding carboxylic acids is 1. The molecule has 2 aromatic rings. The zero-order valence-corrected chi connectivity index (χ0v) is 13.5. The number of pyridine rings is 1. The molecule has 7 nitrogen and oxygen atoms in total. The minimum absolute atomic E-state index is 0.00336. The zero-order valence-electron chi connectivity index (χ0n) is 13.5. The highest BCUT2D eigenvalue weighted by Crippen LogP contribution is 2.12. The van der Waals surface area contributed by atoms with Crippen molar-refractivity contribution in [3.63, 3.8) is 0 Å². The Morgan fingerprint density at radius 3 is 3.00 bits per heavy atom. The zero-order chi connectivity index (χ0) is 16.9. The summed E-state index contributed by atoms with van der Waals surface area (Å²) in [4.78, 5) is 35.6. The van der Waals surface area contributed by atoms with Gasteiger partial charge in [0, 0.05) is 30.6 Å². The van der Waals surface area contributed by atoms with Crippen LogP contribution in [-0.4, -0.2) is 40.1 Å². The Kier molecular flexibility index (Phi) is 5.00. The maximum absolute atomic E-state index is 12.3. The van der Waals surface area contributed by atoms with Gasteiger partial charge in [-0.2, -0.15) is 0 Å². The standard InChI is InChI=1S/C17H20N4O3/c1-11-13(9-15(22)19-10-12-5-4-8-24-12)17(23)21-16(20-11)14-6-2-3-7-18-14/h2-3,6-7,12H,4-5,8-10H2,1H3,(H,19,22)(H,20,21,23). The van der Waals surface area contributed by atoms with Gasteiger partial charge in [-0.3, -0.25) is 14.6 Å². The Morgan fingerprint density at radius 1 is 1.46 bits per heavy atom. The van der Waals surface area contributed by atoms with Crippen LogP contribution in [0, 0.1) is 6.92 Å². The number of ether oxygens (including phenoxy) is 1. The molecule has 1 saturated heterocycles. The van der Waals surface area contributed by atoms with Crippen molar-refractivity contribution in [2.45, 2.75) is 32.3 Å². The van der Waals surface area contributed by atoms with Crippen molar-refractivity contribution in [2.24, 2.45) is 0 Å². The highest BCUT2D eigenvalue weighted by molar-refractivity contribution is 5.78. The van der Waals surface area contributed by atoms with Crippen LogP contribution in [0.15, 0.2) is 29.2 Å². The molecule has 126 valence electrons. The lowest BCUT2D eigenvalue weighted by atomic mass is 10.1. The number of nitrogens with zero attached hydrogens (tertiary/aromatic N) is 2. The third kappa shape index (κ3) is 3.86. The number of hydrogen-bond acceptors (Lipinski definition) is 5. The molecule has 0 spiro atoms. The monoisotopic (exact) mass is 328 g/mol. The minimum atomic E-state index is -0.310. The second kappa shape index (κ2) is 7.35. The van der Waals surface area contributed by atoms with Crippen molar-refractivity contribution < 1.29 is 9.53 Å². The molecule has 3 rings (SSSR count). The summed E-state index contributed by atoms with van der Waals surface area (Å²) in [5.74, 6) is 0.202. The number of aromatic nitrogens is 3. The van der Waals surface area contributed by atoms with Crippen LogP contribution in [0.5, 0.6) is 0 Å². The number of amides is 1. The van der Waals surface area contributed by atoms with Gasteiger partial charge in [0.15, 0.2) is 5.82 Å². The summed E-state index contributed by atoms with van der Waals surface area (Å²) in [7, 11) is 0. The SMILES string of the molecule is Cc1nc(-c2ccccn2)[nH]c(=O)c1CC(=O)NCC1CCCO1. The Balaban J connectivity index is 1.69. The molecule has 1 aliphatic rings. The van der Waals surface area contributed by atoms with E-state index in [0.29, 0.717) is 29.3 Å². The Morgan fingerprint density at radius 2 is 2.33 bits per heavy atom. The van der Waals surface area contributed by atoms with Crippen molar-refractivity contribution in [2.75, 3.05) is 13.2 Å². The van der Waals surface area contributed by atoms with Gasteiger partial charge >= 0.3 is 0 Å². The fraction of sp³-hybridized carbons (Fsp3) is 0.412. The van der Waals surface area contributed by atoms with Gasteiger partial charge in [-0.25, -0.2) is 4.98 Å². The predicted molar refractivity (Wildman–Crippen MR) is 88.5 cm³/mol. The molecule has 3 heterocycles. The lowest BCUT2D eigenvalue weighted by molar-refractivity contribution is -0.121. The van der Waals surface area contributed by atoms with E-state index in [1.54, 1.807) is 25.3 Å². The van der Waals surface area contributed by atoms with Crippen LogP contribution < -0.4 is 10.9 Å². The van der Waals surface area contributed by atoms with E-state index >= 15 is 0 Å². The lowest BCUT2D eigenvalue weighted by Crippen LogP contribution is -2.34. The molecule has 1 unspecified atom stereocenters. The van der Waals surface area contributed by atoms with Crippen LogP contribution in [0.1, 0.15) is 24.1 Å². The summed E-state index contributed by atoms with van der Waals surface area (Å²) in [6.45, 7) is 2.96. The lowest BCUT2D eigenvalue weighted by Gasteiger charge is -2.11. The van der Waals surface area contributed by atoms with Gasteiger partial charge in [-0.1, -0.05) is 6.07 Å². The summed E-state index contributed by atoms with van der Waals surface area (Å²) in [6.07, 6.45) is 3.71. The molecule has 7 heteroatoms. The first-order valence-corrected chi connectivity index (χ1v) is 8.03. The third-order valence-corrected chi connectivity index (χ3v) is 4.02. The normalized spacial score (nSPS) is 17.0. The van der Waals surface area contributed by atoms with Crippen molar-refractivity contribution >= 4 is 5.91 Å². The molecule has 0 aliphatic carbocycles. The molecular formula is C17H20N4O3. The van der Waals surface area contributed by atoms with Gasteiger partial charge in [-0.05, 0) is 31.9 Å². The Bertz CT molecular complexity index is 767. The van der Waals surface area contributed by atoms with Crippen LogP contribution in [0.25, 0.3) is 11.5 Å². The number of aryl methyl sites for hydroxylation is 1. The molecule has 0 bridgehead atoms. The highest BCUT2D eigenvalue weighted by Gasteiger charge is 2.18. The second-order valence-corrected chi connectivity index (χ2v) is 5.81. The largest absolute Gasteiger partial charge is 0.376 e. The first-order valence-electron chi connectivity index (χ1n) is 8.03. The van der Waals surface area contributed by atoms with Gasteiger partial charge in [0.1, 0.15) is 5.69 Å². The predicted octanol–water partition coefficient (Wildman–Crippen LogP) is 0.978. The van der Waals surface area contributed by atoms with Crippen molar-refractivity contribution in [1.29, 1.82) is 0 Å². The quantitative estimate of drug-likeness (QED) is 0.853. The topological polar surface area (TPSA) is 97.0 Å². The van der Waals surface area contributed by atoms with E-state index in [1.165, 1.54) is 0 Å². The molecule has 0 saturated carbocycles. The number of carbonyl (C=O) groups is 1. The van der Waals surface area contributed by atoms with Crippen LogP contribution in [-0.2, 0) is 16.0 Å². The average Bonchev–Trinajstić information content (AvgIpc) is 3.10. The number of hydrogen-bond donors (Lipinski definition) is 2. The number of H-pyrrole nitrogens is 1. The molecule has 2 N–H and O–H groups in total. The van der Waals surface area contributed by atoms with Gasteiger partial charge < -0.3 is 15.0 Å². The Labute approximate surface area is 139 Å². The first kappa shape index (κ1) is 16.3. The van der Waals surface area contributed by atoms with E-state index in [-0.39, 0.29) is 24.0 Å². The maximum atomic E-state index is 12.3.